The molecule has 0 N–H and O–H groups in total. The third-order valence-electron chi connectivity index (χ3n) is 3.50. The first-order chi connectivity index (χ1) is 11.0. The molecule has 0 bridgehead atoms. The Bertz CT molecular complexity index is 572. The first-order valence-corrected chi connectivity index (χ1v) is 7.81. The summed E-state index contributed by atoms with van der Waals surface area (Å²) < 4.78 is 34.7. The highest BCUT2D eigenvalue weighted by Crippen LogP contribution is 2.40. The van der Waals surface area contributed by atoms with E-state index in [4.69, 9.17) is 13.6 Å². The fraction of sp³-hybridized carbons (Fsp3) is 0.733. The zero-order chi connectivity index (χ0) is 18.2. The van der Waals surface area contributed by atoms with E-state index in [9.17, 15) is 4.79 Å². The molecule has 2 rings (SSSR count). The minimum Gasteiger partial charge on any atom is -0.444 e. The Morgan fingerprint density at radius 2 is 2.38 bits per heavy atom. The van der Waals surface area contributed by atoms with Gasteiger partial charge in [0.15, 0.2) is 0 Å². The number of methoxy groups -OCH3 is 1. The number of carbonyl (C=O) groups excluding carboxylic acids is 1. The average molecular weight is 315 g/mol. The first-order valence-electron chi connectivity index (χ1n) is 8.43. The molecule has 1 aliphatic rings. The van der Waals surface area contributed by atoms with E-state index in [0.717, 1.165) is 5.01 Å². The number of hydrogen-bond donors (Lipinski definition) is 0. The number of thiazole rings is 1. The van der Waals surface area contributed by atoms with E-state index in [2.05, 4.69) is 4.98 Å². The van der Waals surface area contributed by atoms with Crippen molar-refractivity contribution >= 4 is 17.4 Å². The van der Waals surface area contributed by atoms with E-state index in [0.29, 0.717) is 6.42 Å². The Morgan fingerprint density at radius 3 is 2.90 bits per heavy atom. The van der Waals surface area contributed by atoms with Crippen molar-refractivity contribution in [3.05, 3.63) is 16.6 Å². The molecule has 1 amide bonds. The van der Waals surface area contributed by atoms with Gasteiger partial charge < -0.3 is 14.4 Å². The SMILES string of the molecule is [2H]C([2H])([2H])[C@H]1C[C@](OC)(c2nccs2)CCN1C(=O)OC(C)(C)C. The second-order valence-corrected chi connectivity index (χ2v) is 7.07. The summed E-state index contributed by atoms with van der Waals surface area (Å²) in [6, 6.07) is -0.982. The zero-order valence-corrected chi connectivity index (χ0v) is 13.7. The predicted molar refractivity (Wildman–Crippen MR) is 82.4 cm³/mol. The molecule has 0 spiro atoms. The van der Waals surface area contributed by atoms with E-state index in [1.54, 1.807) is 34.1 Å². The van der Waals surface area contributed by atoms with Crippen LogP contribution in [0.1, 0.15) is 49.6 Å². The van der Waals surface area contributed by atoms with Crippen molar-refractivity contribution in [1.29, 1.82) is 0 Å². The molecule has 21 heavy (non-hydrogen) atoms. The van der Waals surface area contributed by atoms with E-state index < -0.39 is 30.2 Å². The Labute approximate surface area is 134 Å². The highest BCUT2D eigenvalue weighted by atomic mass is 32.1. The number of rotatable bonds is 2. The zero-order valence-electron chi connectivity index (χ0n) is 15.9. The molecule has 6 heteroatoms. The van der Waals surface area contributed by atoms with Gasteiger partial charge in [0.1, 0.15) is 16.2 Å². The van der Waals surface area contributed by atoms with Crippen molar-refractivity contribution < 1.29 is 18.4 Å². The number of ether oxygens (including phenoxy) is 2. The van der Waals surface area contributed by atoms with Gasteiger partial charge in [-0.2, -0.15) is 0 Å². The van der Waals surface area contributed by atoms with Crippen LogP contribution in [0.4, 0.5) is 4.79 Å². The molecular weight excluding hydrogens is 288 g/mol. The Kier molecular flexibility index (Phi) is 3.50. The second kappa shape index (κ2) is 5.93. The first kappa shape index (κ1) is 12.4. The van der Waals surface area contributed by atoms with Gasteiger partial charge in [-0.05, 0) is 27.6 Å². The predicted octanol–water partition coefficient (Wildman–Crippen LogP) is 3.40. The van der Waals surface area contributed by atoms with Crippen LogP contribution >= 0.6 is 11.3 Å². The largest absolute Gasteiger partial charge is 0.444 e. The highest BCUT2D eigenvalue weighted by molar-refractivity contribution is 7.09. The van der Waals surface area contributed by atoms with Crippen molar-refractivity contribution in [2.75, 3.05) is 13.7 Å². The van der Waals surface area contributed by atoms with Crippen LogP contribution < -0.4 is 0 Å². The molecule has 118 valence electrons. The lowest BCUT2D eigenvalue weighted by Crippen LogP contribution is -2.52. The third kappa shape index (κ3) is 3.55. The molecule has 0 aromatic carbocycles. The van der Waals surface area contributed by atoms with Crippen LogP contribution in [0.3, 0.4) is 0 Å². The lowest BCUT2D eigenvalue weighted by molar-refractivity contribution is -0.0810. The maximum atomic E-state index is 12.5. The summed E-state index contributed by atoms with van der Waals surface area (Å²) in [5, 5.41) is 2.57. The summed E-state index contributed by atoms with van der Waals surface area (Å²) >= 11 is 1.43. The molecule has 1 aromatic heterocycles. The number of hydrogen-bond acceptors (Lipinski definition) is 5. The van der Waals surface area contributed by atoms with Crippen molar-refractivity contribution in [2.24, 2.45) is 0 Å². The summed E-state index contributed by atoms with van der Waals surface area (Å²) in [5.74, 6) is 0. The van der Waals surface area contributed by atoms with Crippen LogP contribution in [0, 0.1) is 0 Å². The molecule has 1 aliphatic heterocycles. The van der Waals surface area contributed by atoms with E-state index in [-0.39, 0.29) is 13.0 Å². The van der Waals surface area contributed by atoms with Gasteiger partial charge in [0.25, 0.3) is 0 Å². The fourth-order valence-corrected chi connectivity index (χ4v) is 3.29. The molecule has 1 saturated heterocycles. The third-order valence-corrected chi connectivity index (χ3v) is 4.46. The molecule has 0 unspecified atom stereocenters. The molecule has 0 radical (unpaired) electrons. The van der Waals surface area contributed by atoms with Gasteiger partial charge in [0, 0.05) is 48.2 Å². The summed E-state index contributed by atoms with van der Waals surface area (Å²) in [4.78, 5) is 18.1. The molecule has 1 aromatic rings. The Balaban J connectivity index is 2.30. The maximum Gasteiger partial charge on any atom is 0.410 e. The normalized spacial score (nSPS) is 29.4. The smallest absolute Gasteiger partial charge is 0.410 e. The number of piperidine rings is 1. The van der Waals surface area contributed by atoms with Crippen LogP contribution in [-0.2, 0) is 15.1 Å². The fourth-order valence-electron chi connectivity index (χ4n) is 2.44. The Morgan fingerprint density at radius 1 is 1.62 bits per heavy atom. The molecule has 0 aliphatic carbocycles. The van der Waals surface area contributed by atoms with Crippen molar-refractivity contribution in [2.45, 2.75) is 57.7 Å². The standard InChI is InChI=1S/C15H24N2O3S/c1-11-10-15(19-5,12-16-7-9-21-12)6-8-17(11)13(18)20-14(2,3)4/h7,9,11H,6,8,10H2,1-5H3/t11-,15-/m0/s1/i1D3. The van der Waals surface area contributed by atoms with Crippen molar-refractivity contribution in [1.82, 2.24) is 9.88 Å². The number of likely N-dealkylation sites (tertiary alicyclic amines) is 1. The molecule has 2 atom stereocenters. The molecule has 5 nitrogen and oxygen atoms in total. The minimum absolute atomic E-state index is 0.159. The van der Waals surface area contributed by atoms with Gasteiger partial charge in [-0.1, -0.05) is 0 Å². The van der Waals surface area contributed by atoms with Gasteiger partial charge in [0.05, 0.1) is 0 Å². The summed E-state index contributed by atoms with van der Waals surface area (Å²) in [5.41, 5.74) is -1.47. The van der Waals surface area contributed by atoms with Crippen LogP contribution in [-0.4, -0.2) is 41.3 Å². The second-order valence-electron chi connectivity index (χ2n) is 6.18. The van der Waals surface area contributed by atoms with Crippen LogP contribution in [0.15, 0.2) is 11.6 Å². The average Bonchev–Trinajstić information content (AvgIpc) is 2.98. The van der Waals surface area contributed by atoms with Gasteiger partial charge in [-0.15, -0.1) is 11.3 Å². The summed E-state index contributed by atoms with van der Waals surface area (Å²) in [7, 11) is 1.56. The summed E-state index contributed by atoms with van der Waals surface area (Å²) in [6.07, 6.45) is 1.70. The van der Waals surface area contributed by atoms with Gasteiger partial charge in [0.2, 0.25) is 0 Å². The minimum atomic E-state index is -2.33. The quantitative estimate of drug-likeness (QED) is 0.839. The van der Waals surface area contributed by atoms with Crippen molar-refractivity contribution in [3.63, 3.8) is 0 Å². The topological polar surface area (TPSA) is 51.7 Å². The monoisotopic (exact) mass is 315 g/mol. The van der Waals surface area contributed by atoms with E-state index >= 15 is 0 Å². The number of amides is 1. The van der Waals surface area contributed by atoms with Crippen LogP contribution in [0.25, 0.3) is 0 Å². The van der Waals surface area contributed by atoms with Gasteiger partial charge >= 0.3 is 6.09 Å². The lowest BCUT2D eigenvalue weighted by atomic mass is 9.87. The maximum absolute atomic E-state index is 12.5. The van der Waals surface area contributed by atoms with Crippen molar-refractivity contribution in [3.8, 4) is 0 Å². The molecule has 0 saturated carbocycles. The van der Waals surface area contributed by atoms with Crippen LogP contribution in [0.2, 0.25) is 0 Å². The summed E-state index contributed by atoms with van der Waals surface area (Å²) in [6.45, 7) is 3.18. The Hall–Kier alpha value is -1.14. The number of aromatic nitrogens is 1. The highest BCUT2D eigenvalue weighted by Gasteiger charge is 2.43. The van der Waals surface area contributed by atoms with E-state index in [1.807, 2.05) is 5.38 Å². The number of carbonyl (C=O) groups is 1. The number of nitrogens with zero attached hydrogens (tertiary/aromatic N) is 2. The molecule has 2 heterocycles. The molecule has 1 fully saturated rings. The lowest BCUT2D eigenvalue weighted by Gasteiger charge is -2.43. The van der Waals surface area contributed by atoms with Crippen LogP contribution in [0.5, 0.6) is 0 Å². The molecular formula is C15H24N2O3S. The van der Waals surface area contributed by atoms with Gasteiger partial charge in [-0.25, -0.2) is 9.78 Å². The van der Waals surface area contributed by atoms with Gasteiger partial charge in [-0.3, -0.25) is 0 Å². The van der Waals surface area contributed by atoms with E-state index in [1.165, 1.54) is 16.2 Å².